The van der Waals surface area contributed by atoms with Crippen LogP contribution in [0.2, 0.25) is 0 Å². The lowest BCUT2D eigenvalue weighted by atomic mass is 9.78. The number of carbonyl (C=O) groups is 2. The van der Waals surface area contributed by atoms with Crippen LogP contribution in [0.3, 0.4) is 0 Å². The zero-order valence-electron chi connectivity index (χ0n) is 10.1. The number of para-hydroxylation sites is 1. The molecule has 2 unspecified atom stereocenters. The van der Waals surface area contributed by atoms with Gasteiger partial charge < -0.3 is 10.4 Å². The van der Waals surface area contributed by atoms with Crippen molar-refractivity contribution in [3.8, 4) is 0 Å². The Morgan fingerprint density at radius 1 is 1.06 bits per heavy atom. The van der Waals surface area contributed by atoms with E-state index < -0.39 is 17.8 Å². The molecule has 4 nitrogen and oxygen atoms in total. The Kier molecular flexibility index (Phi) is 3.97. The van der Waals surface area contributed by atoms with Crippen LogP contribution in [0.5, 0.6) is 0 Å². The van der Waals surface area contributed by atoms with Crippen LogP contribution < -0.4 is 5.32 Å². The summed E-state index contributed by atoms with van der Waals surface area (Å²) >= 11 is 0. The minimum absolute atomic E-state index is 0.173. The molecule has 0 spiro atoms. The second-order valence-corrected chi connectivity index (χ2v) is 4.69. The highest BCUT2D eigenvalue weighted by Gasteiger charge is 2.35. The largest absolute Gasteiger partial charge is 0.481 e. The molecule has 4 heteroatoms. The first-order valence-electron chi connectivity index (χ1n) is 6.27. The molecule has 1 aliphatic carbocycles. The van der Waals surface area contributed by atoms with Crippen LogP contribution >= 0.6 is 0 Å². The number of hydrogen-bond donors (Lipinski definition) is 2. The number of carbonyl (C=O) groups excluding carboxylic acids is 1. The number of rotatable bonds is 3. The molecule has 0 heterocycles. The SMILES string of the molecule is O=C(O)C1CCCCC1C(=O)Nc1ccccc1. The lowest BCUT2D eigenvalue weighted by molar-refractivity contribution is -0.147. The van der Waals surface area contributed by atoms with Gasteiger partial charge in [-0.25, -0.2) is 0 Å². The molecule has 96 valence electrons. The van der Waals surface area contributed by atoms with Crippen LogP contribution in [0.25, 0.3) is 0 Å². The number of anilines is 1. The van der Waals surface area contributed by atoms with Gasteiger partial charge in [0.15, 0.2) is 0 Å². The highest BCUT2D eigenvalue weighted by atomic mass is 16.4. The van der Waals surface area contributed by atoms with E-state index in [0.717, 1.165) is 18.5 Å². The molecule has 0 aromatic heterocycles. The number of amides is 1. The van der Waals surface area contributed by atoms with Crippen molar-refractivity contribution < 1.29 is 14.7 Å². The Labute approximate surface area is 106 Å². The average Bonchev–Trinajstić information content (AvgIpc) is 2.40. The van der Waals surface area contributed by atoms with Crippen molar-refractivity contribution in [3.05, 3.63) is 30.3 Å². The molecule has 2 N–H and O–H groups in total. The van der Waals surface area contributed by atoms with Gasteiger partial charge in [0.1, 0.15) is 0 Å². The van der Waals surface area contributed by atoms with Gasteiger partial charge in [-0.1, -0.05) is 31.0 Å². The van der Waals surface area contributed by atoms with Crippen LogP contribution in [0, 0.1) is 11.8 Å². The molecule has 1 aromatic rings. The summed E-state index contributed by atoms with van der Waals surface area (Å²) in [6.07, 6.45) is 3.08. The van der Waals surface area contributed by atoms with Crippen molar-refractivity contribution in [2.75, 3.05) is 5.32 Å². The Morgan fingerprint density at radius 2 is 1.67 bits per heavy atom. The van der Waals surface area contributed by atoms with Crippen molar-refractivity contribution in [2.45, 2.75) is 25.7 Å². The summed E-state index contributed by atoms with van der Waals surface area (Å²) in [6.45, 7) is 0. The summed E-state index contributed by atoms with van der Waals surface area (Å²) in [7, 11) is 0. The third-order valence-corrected chi connectivity index (χ3v) is 3.46. The standard InChI is InChI=1S/C14H17NO3/c16-13(15-10-6-2-1-3-7-10)11-8-4-5-9-12(11)14(17)18/h1-3,6-7,11-12H,4-5,8-9H2,(H,15,16)(H,17,18). The molecule has 0 bridgehead atoms. The van der Waals surface area contributed by atoms with Gasteiger partial charge in [-0.15, -0.1) is 0 Å². The van der Waals surface area contributed by atoms with E-state index in [1.165, 1.54) is 0 Å². The van der Waals surface area contributed by atoms with E-state index in [1.807, 2.05) is 18.2 Å². The maximum atomic E-state index is 12.1. The first-order chi connectivity index (χ1) is 8.68. The summed E-state index contributed by atoms with van der Waals surface area (Å²) in [4.78, 5) is 23.2. The monoisotopic (exact) mass is 247 g/mol. The second-order valence-electron chi connectivity index (χ2n) is 4.69. The molecule has 0 radical (unpaired) electrons. The third-order valence-electron chi connectivity index (χ3n) is 3.46. The molecular weight excluding hydrogens is 230 g/mol. The number of carboxylic acid groups (broad SMARTS) is 1. The number of nitrogens with one attached hydrogen (secondary N) is 1. The van der Waals surface area contributed by atoms with Gasteiger partial charge in [0, 0.05) is 5.69 Å². The van der Waals surface area contributed by atoms with Gasteiger partial charge in [0.05, 0.1) is 11.8 Å². The fourth-order valence-electron chi connectivity index (χ4n) is 2.50. The van der Waals surface area contributed by atoms with Gasteiger partial charge in [-0.05, 0) is 25.0 Å². The molecule has 1 aliphatic rings. The molecule has 18 heavy (non-hydrogen) atoms. The van der Waals surface area contributed by atoms with Gasteiger partial charge in [0.25, 0.3) is 0 Å². The maximum Gasteiger partial charge on any atom is 0.307 e. The molecule has 1 amide bonds. The Balaban J connectivity index is 2.05. The lowest BCUT2D eigenvalue weighted by Gasteiger charge is -2.27. The van der Waals surface area contributed by atoms with Crippen LogP contribution in [0.4, 0.5) is 5.69 Å². The minimum Gasteiger partial charge on any atom is -0.481 e. The maximum absolute atomic E-state index is 12.1. The molecule has 2 rings (SSSR count). The Morgan fingerprint density at radius 3 is 2.28 bits per heavy atom. The molecule has 1 fully saturated rings. The van der Waals surface area contributed by atoms with E-state index in [-0.39, 0.29) is 5.91 Å². The second kappa shape index (κ2) is 5.67. The minimum atomic E-state index is -0.858. The zero-order valence-corrected chi connectivity index (χ0v) is 10.1. The molecule has 0 saturated heterocycles. The van der Waals surface area contributed by atoms with Crippen molar-refractivity contribution in [2.24, 2.45) is 11.8 Å². The van der Waals surface area contributed by atoms with Crippen LogP contribution in [-0.4, -0.2) is 17.0 Å². The topological polar surface area (TPSA) is 66.4 Å². The van der Waals surface area contributed by atoms with E-state index >= 15 is 0 Å². The highest BCUT2D eigenvalue weighted by Crippen LogP contribution is 2.31. The summed E-state index contributed by atoms with van der Waals surface area (Å²) in [5.41, 5.74) is 0.720. The molecule has 0 aliphatic heterocycles. The van der Waals surface area contributed by atoms with Crippen molar-refractivity contribution in [1.29, 1.82) is 0 Å². The summed E-state index contributed by atoms with van der Waals surface area (Å²) in [5.74, 6) is -1.98. The van der Waals surface area contributed by atoms with Gasteiger partial charge in [-0.3, -0.25) is 9.59 Å². The lowest BCUT2D eigenvalue weighted by Crippen LogP contribution is -2.36. The molecular formula is C14H17NO3. The Bertz CT molecular complexity index is 430. The smallest absolute Gasteiger partial charge is 0.307 e. The van der Waals surface area contributed by atoms with E-state index in [9.17, 15) is 9.59 Å². The van der Waals surface area contributed by atoms with Crippen molar-refractivity contribution in [3.63, 3.8) is 0 Å². The van der Waals surface area contributed by atoms with Gasteiger partial charge in [0.2, 0.25) is 5.91 Å². The summed E-state index contributed by atoms with van der Waals surface area (Å²) in [5, 5.41) is 11.9. The highest BCUT2D eigenvalue weighted by molar-refractivity contribution is 5.95. The Hall–Kier alpha value is -1.84. The predicted octanol–water partition coefficient (Wildman–Crippen LogP) is 2.52. The number of benzene rings is 1. The fraction of sp³-hybridized carbons (Fsp3) is 0.429. The summed E-state index contributed by atoms with van der Waals surface area (Å²) < 4.78 is 0. The van der Waals surface area contributed by atoms with Crippen molar-refractivity contribution in [1.82, 2.24) is 0 Å². The quantitative estimate of drug-likeness (QED) is 0.862. The van der Waals surface area contributed by atoms with Crippen LogP contribution in [0.1, 0.15) is 25.7 Å². The van der Waals surface area contributed by atoms with E-state index in [4.69, 9.17) is 5.11 Å². The first kappa shape index (κ1) is 12.6. The predicted molar refractivity (Wildman–Crippen MR) is 68.2 cm³/mol. The molecule has 2 atom stereocenters. The normalized spacial score (nSPS) is 23.3. The van der Waals surface area contributed by atoms with E-state index in [0.29, 0.717) is 12.8 Å². The fourth-order valence-corrected chi connectivity index (χ4v) is 2.50. The average molecular weight is 247 g/mol. The van der Waals surface area contributed by atoms with E-state index in [2.05, 4.69) is 5.32 Å². The first-order valence-corrected chi connectivity index (χ1v) is 6.27. The van der Waals surface area contributed by atoms with Gasteiger partial charge >= 0.3 is 5.97 Å². The number of carboxylic acids is 1. The van der Waals surface area contributed by atoms with Crippen LogP contribution in [0.15, 0.2) is 30.3 Å². The van der Waals surface area contributed by atoms with Crippen molar-refractivity contribution >= 4 is 17.6 Å². The third kappa shape index (κ3) is 2.88. The molecule has 1 aromatic carbocycles. The molecule has 1 saturated carbocycles. The number of aliphatic carboxylic acids is 1. The van der Waals surface area contributed by atoms with E-state index in [1.54, 1.807) is 12.1 Å². The summed E-state index contributed by atoms with van der Waals surface area (Å²) in [6, 6.07) is 9.15. The number of hydrogen-bond acceptors (Lipinski definition) is 2. The van der Waals surface area contributed by atoms with Crippen LogP contribution in [-0.2, 0) is 9.59 Å². The van der Waals surface area contributed by atoms with Gasteiger partial charge in [-0.2, -0.15) is 0 Å². The zero-order chi connectivity index (χ0) is 13.0.